The Labute approximate surface area is 319 Å². The fourth-order valence-electron chi connectivity index (χ4n) is 10.4. The van der Waals surface area contributed by atoms with Crippen molar-refractivity contribution >= 4 is 92.1 Å². The Balaban J connectivity index is 1.17. The zero-order valence-corrected chi connectivity index (χ0v) is 30.1. The van der Waals surface area contributed by atoms with Crippen LogP contribution in [0, 0.1) is 0 Å². The zero-order chi connectivity index (χ0) is 35.1. The second-order valence-electron chi connectivity index (χ2n) is 15.1. The van der Waals surface area contributed by atoms with E-state index in [0.717, 1.165) is 6.42 Å². The number of nitrogens with zero attached hydrogens (tertiary/aromatic N) is 2. The second-order valence-corrected chi connectivity index (χ2v) is 16.2. The van der Waals surface area contributed by atoms with Gasteiger partial charge < -0.3 is 9.80 Å². The number of benzene rings is 8. The number of hydrogen-bond acceptors (Lipinski definition) is 3. The fraction of sp³-hybridized carbons (Fsp3) is 0.0204. The first-order valence-corrected chi connectivity index (χ1v) is 19.8. The molecule has 13 rings (SSSR count). The summed E-state index contributed by atoms with van der Waals surface area (Å²) >= 11 is 1.95. The minimum absolute atomic E-state index is 0.104. The van der Waals surface area contributed by atoms with Gasteiger partial charge in [0.1, 0.15) is 0 Å². The van der Waals surface area contributed by atoms with E-state index in [9.17, 15) is 0 Å². The Morgan fingerprint density at radius 1 is 0.389 bits per heavy atom. The van der Waals surface area contributed by atoms with Gasteiger partial charge in [-0.25, -0.2) is 0 Å². The van der Waals surface area contributed by atoms with E-state index in [-0.39, 0.29) is 13.4 Å². The number of fused-ring (bicyclic) bond motifs is 13. The highest BCUT2D eigenvalue weighted by Gasteiger charge is 2.50. The molecule has 0 bridgehead atoms. The maximum absolute atomic E-state index is 2.67. The number of para-hydroxylation sites is 3. The molecule has 0 atom stereocenters. The normalized spacial score (nSPS) is 14.4. The maximum atomic E-state index is 2.67. The lowest BCUT2D eigenvalue weighted by Gasteiger charge is -2.49. The van der Waals surface area contributed by atoms with Crippen molar-refractivity contribution in [3.05, 3.63) is 181 Å². The average Bonchev–Trinajstić information content (AvgIpc) is 3.60. The van der Waals surface area contributed by atoms with Gasteiger partial charge in [0.15, 0.2) is 0 Å². The van der Waals surface area contributed by atoms with Gasteiger partial charge in [-0.2, -0.15) is 0 Å². The summed E-state index contributed by atoms with van der Waals surface area (Å²) in [6, 6.07) is 64.0. The highest BCUT2D eigenvalue weighted by atomic mass is 32.2. The first kappa shape index (κ1) is 29.3. The van der Waals surface area contributed by atoms with Gasteiger partial charge in [-0.1, -0.05) is 151 Å². The Morgan fingerprint density at radius 3 is 1.83 bits per heavy atom. The molecule has 0 fully saturated rings. The third-order valence-electron chi connectivity index (χ3n) is 12.5. The molecule has 2 nitrogen and oxygen atoms in total. The molecule has 0 amide bonds. The molecule has 0 N–H and O–H groups in total. The maximum Gasteiger partial charge on any atom is 0.252 e. The van der Waals surface area contributed by atoms with Gasteiger partial charge >= 0.3 is 0 Å². The number of rotatable bonds is 2. The van der Waals surface area contributed by atoms with E-state index in [1.807, 2.05) is 11.8 Å². The molecule has 1 aliphatic carbocycles. The van der Waals surface area contributed by atoms with Crippen LogP contribution in [0.2, 0.25) is 0 Å². The summed E-state index contributed by atoms with van der Waals surface area (Å²) in [5.74, 6) is 0. The zero-order valence-electron chi connectivity index (χ0n) is 29.3. The van der Waals surface area contributed by atoms with Crippen LogP contribution >= 0.6 is 11.8 Å². The summed E-state index contributed by atoms with van der Waals surface area (Å²) in [5, 5.41) is 0. The van der Waals surface area contributed by atoms with Crippen molar-refractivity contribution in [3.63, 3.8) is 0 Å². The van der Waals surface area contributed by atoms with Crippen molar-refractivity contribution in [1.82, 2.24) is 0 Å². The minimum Gasteiger partial charge on any atom is -0.312 e. The third-order valence-corrected chi connectivity index (χ3v) is 13.7. The molecule has 0 saturated heterocycles. The van der Waals surface area contributed by atoms with Crippen molar-refractivity contribution in [2.24, 2.45) is 0 Å². The van der Waals surface area contributed by atoms with E-state index >= 15 is 0 Å². The summed E-state index contributed by atoms with van der Waals surface area (Å²) in [4.78, 5) is 7.95. The second kappa shape index (κ2) is 10.7. The average molecular weight is 700 g/mol. The Morgan fingerprint density at radius 2 is 1.02 bits per heavy atom. The highest BCUT2D eigenvalue weighted by molar-refractivity contribution is 8.00. The SMILES string of the molecule is c1ccc(-c2ccccc2N2c3ccccc3B3c4ccccc4N4c5cc6c(cc5B5c7ccccc7Sc7cc2c3c4c75)-c2ccccc2C6)cc1. The van der Waals surface area contributed by atoms with Gasteiger partial charge in [0.05, 0.1) is 5.69 Å². The molecule has 54 heavy (non-hydrogen) atoms. The van der Waals surface area contributed by atoms with Crippen LogP contribution in [-0.4, -0.2) is 13.4 Å². The van der Waals surface area contributed by atoms with E-state index in [1.165, 1.54) is 110 Å². The molecule has 0 spiro atoms. The molecule has 8 aromatic carbocycles. The Kier molecular flexibility index (Phi) is 5.82. The van der Waals surface area contributed by atoms with Gasteiger partial charge in [0, 0.05) is 43.8 Å². The lowest BCUT2D eigenvalue weighted by molar-refractivity contribution is 1.22. The first-order chi connectivity index (χ1) is 26.8. The lowest BCUT2D eigenvalue weighted by Crippen LogP contribution is -2.68. The molecule has 5 heteroatoms. The van der Waals surface area contributed by atoms with Gasteiger partial charge in [-0.3, -0.25) is 0 Å². The molecule has 0 unspecified atom stereocenters. The molecule has 4 heterocycles. The molecule has 5 aliphatic rings. The smallest absolute Gasteiger partial charge is 0.252 e. The van der Waals surface area contributed by atoms with Crippen LogP contribution in [0.5, 0.6) is 0 Å². The molecule has 0 aromatic heterocycles. The largest absolute Gasteiger partial charge is 0.312 e. The van der Waals surface area contributed by atoms with Crippen molar-refractivity contribution < 1.29 is 0 Å². The standard InChI is InChI=1S/C49H30B2N2S/c1-2-14-30(15-3-1)34-18-6-10-22-40(34)52-41-23-11-7-19-36(41)50-37-20-8-12-24-42(37)53-43-27-32-26-31-16-4-5-17-33(31)35(32)28-39(43)51-38-21-9-13-25-45(38)54-46-29-44(52)47(50)49(53)48(46)51/h1-25,27-29H,26H2. The van der Waals surface area contributed by atoms with Crippen LogP contribution in [0.1, 0.15) is 11.1 Å². The molecular formula is C49H30B2N2S. The van der Waals surface area contributed by atoms with Crippen LogP contribution in [0.4, 0.5) is 34.1 Å². The van der Waals surface area contributed by atoms with Gasteiger partial charge in [-0.05, 0) is 98.0 Å². The monoisotopic (exact) mass is 700 g/mol. The molecule has 248 valence electrons. The van der Waals surface area contributed by atoms with E-state index in [1.54, 1.807) is 0 Å². The van der Waals surface area contributed by atoms with Crippen molar-refractivity contribution in [1.29, 1.82) is 0 Å². The summed E-state index contributed by atoms with van der Waals surface area (Å²) in [7, 11) is 0. The summed E-state index contributed by atoms with van der Waals surface area (Å²) in [6.45, 7) is 0.238. The van der Waals surface area contributed by atoms with Gasteiger partial charge in [-0.15, -0.1) is 0 Å². The predicted molar refractivity (Wildman–Crippen MR) is 229 cm³/mol. The molecule has 4 aliphatic heterocycles. The number of hydrogen-bond donors (Lipinski definition) is 0. The van der Waals surface area contributed by atoms with Crippen LogP contribution in [0.3, 0.4) is 0 Å². The van der Waals surface area contributed by atoms with E-state index in [2.05, 4.69) is 180 Å². The quantitative estimate of drug-likeness (QED) is 0.168. The molecular weight excluding hydrogens is 670 g/mol. The van der Waals surface area contributed by atoms with Crippen molar-refractivity contribution in [2.45, 2.75) is 16.2 Å². The molecule has 0 saturated carbocycles. The highest BCUT2D eigenvalue weighted by Crippen LogP contribution is 2.50. The van der Waals surface area contributed by atoms with E-state index < -0.39 is 0 Å². The lowest BCUT2D eigenvalue weighted by atomic mass is 9.29. The Hall–Kier alpha value is -6.16. The molecule has 8 aromatic rings. The first-order valence-electron chi connectivity index (χ1n) is 19.0. The summed E-state index contributed by atoms with van der Waals surface area (Å²) in [6.07, 6.45) is 0.969. The van der Waals surface area contributed by atoms with Crippen LogP contribution in [0.15, 0.2) is 180 Å². The van der Waals surface area contributed by atoms with Gasteiger partial charge in [0.2, 0.25) is 6.71 Å². The third kappa shape index (κ3) is 3.75. The summed E-state index contributed by atoms with van der Waals surface area (Å²) < 4.78 is 0. The topological polar surface area (TPSA) is 6.48 Å². The van der Waals surface area contributed by atoms with E-state index in [4.69, 9.17) is 0 Å². The summed E-state index contributed by atoms with van der Waals surface area (Å²) in [5.41, 5.74) is 24.2. The number of anilines is 6. The van der Waals surface area contributed by atoms with Crippen LogP contribution < -0.4 is 42.6 Å². The minimum atomic E-state index is 0.104. The van der Waals surface area contributed by atoms with Crippen molar-refractivity contribution in [2.75, 3.05) is 9.80 Å². The molecule has 0 radical (unpaired) electrons. The predicted octanol–water partition coefficient (Wildman–Crippen LogP) is 8.30. The Bertz CT molecular complexity index is 2940. The van der Waals surface area contributed by atoms with Crippen molar-refractivity contribution in [3.8, 4) is 22.3 Å². The van der Waals surface area contributed by atoms with Crippen LogP contribution in [-0.2, 0) is 6.42 Å². The van der Waals surface area contributed by atoms with Gasteiger partial charge in [0.25, 0.3) is 6.71 Å². The fourth-order valence-corrected chi connectivity index (χ4v) is 11.6. The van der Waals surface area contributed by atoms with Crippen LogP contribution in [0.25, 0.3) is 22.3 Å². The van der Waals surface area contributed by atoms with E-state index in [0.29, 0.717) is 0 Å².